The summed E-state index contributed by atoms with van der Waals surface area (Å²) in [4.78, 5) is 15.1. The second-order valence-corrected chi connectivity index (χ2v) is 6.28. The zero-order valence-electron chi connectivity index (χ0n) is 14.3. The molecule has 0 saturated heterocycles. The standard InChI is InChI=1S/C18H13F6NO3/c1-27-15(26)10-2-5-14(25-9-10)28-13-4-3-11(8-12(13)19)16(6-7-16)17(20,21)18(22,23)24/h2-5,8-9H,6-7H2,1H3. The van der Waals surface area contributed by atoms with Crippen molar-refractivity contribution in [2.75, 3.05) is 7.11 Å². The summed E-state index contributed by atoms with van der Waals surface area (Å²) in [6.07, 6.45) is -5.43. The van der Waals surface area contributed by atoms with Crippen molar-refractivity contribution in [3.8, 4) is 11.6 Å². The van der Waals surface area contributed by atoms with E-state index in [1.54, 1.807) is 0 Å². The fourth-order valence-electron chi connectivity index (χ4n) is 2.85. The van der Waals surface area contributed by atoms with Crippen LogP contribution in [0.1, 0.15) is 28.8 Å². The van der Waals surface area contributed by atoms with Crippen molar-refractivity contribution < 1.29 is 40.6 Å². The van der Waals surface area contributed by atoms with Gasteiger partial charge in [-0.3, -0.25) is 0 Å². The maximum atomic E-state index is 14.3. The van der Waals surface area contributed by atoms with Crippen molar-refractivity contribution >= 4 is 5.97 Å². The molecule has 0 spiro atoms. The van der Waals surface area contributed by atoms with Gasteiger partial charge in [0.1, 0.15) is 0 Å². The highest BCUT2D eigenvalue weighted by atomic mass is 19.4. The van der Waals surface area contributed by atoms with Gasteiger partial charge in [0.15, 0.2) is 11.6 Å². The molecule has 3 rings (SSSR count). The predicted octanol–water partition coefficient (Wildman–Crippen LogP) is 5.03. The normalized spacial score (nSPS) is 15.8. The minimum Gasteiger partial charge on any atom is -0.465 e. The van der Waals surface area contributed by atoms with Crippen LogP contribution in [0.25, 0.3) is 0 Å². The van der Waals surface area contributed by atoms with Crippen LogP contribution < -0.4 is 4.74 Å². The van der Waals surface area contributed by atoms with Crippen LogP contribution in [0.3, 0.4) is 0 Å². The number of hydrogen-bond donors (Lipinski definition) is 0. The first-order valence-electron chi connectivity index (χ1n) is 7.98. The van der Waals surface area contributed by atoms with Gasteiger partial charge in [-0.05, 0) is 36.6 Å². The molecule has 0 N–H and O–H groups in total. The molecule has 0 radical (unpaired) electrons. The Morgan fingerprint density at radius 3 is 2.25 bits per heavy atom. The Morgan fingerprint density at radius 1 is 1.11 bits per heavy atom. The van der Waals surface area contributed by atoms with Gasteiger partial charge in [-0.15, -0.1) is 0 Å². The number of hydrogen-bond acceptors (Lipinski definition) is 4. The van der Waals surface area contributed by atoms with Gasteiger partial charge in [-0.25, -0.2) is 14.2 Å². The number of ether oxygens (including phenoxy) is 2. The minimum atomic E-state index is -5.74. The van der Waals surface area contributed by atoms with Crippen molar-refractivity contribution in [3.63, 3.8) is 0 Å². The molecular formula is C18H13F6NO3. The van der Waals surface area contributed by atoms with Crippen LogP contribution in [0.5, 0.6) is 11.6 Å². The van der Waals surface area contributed by atoms with E-state index in [1.165, 1.54) is 19.2 Å². The highest BCUT2D eigenvalue weighted by molar-refractivity contribution is 5.88. The SMILES string of the molecule is COC(=O)c1ccc(Oc2ccc(C3(C(F)(F)C(F)(F)F)CC3)cc2F)nc1. The van der Waals surface area contributed by atoms with Gasteiger partial charge in [0.05, 0.1) is 18.1 Å². The van der Waals surface area contributed by atoms with Crippen LogP contribution in [0.4, 0.5) is 26.3 Å². The summed E-state index contributed by atoms with van der Waals surface area (Å²) < 4.78 is 89.8. The zero-order chi connectivity index (χ0) is 20.7. The number of halogens is 6. The molecule has 4 nitrogen and oxygen atoms in total. The molecule has 1 heterocycles. The van der Waals surface area contributed by atoms with Crippen molar-refractivity contribution in [1.29, 1.82) is 0 Å². The predicted molar refractivity (Wildman–Crippen MR) is 84.0 cm³/mol. The zero-order valence-corrected chi connectivity index (χ0v) is 14.3. The number of benzene rings is 1. The van der Waals surface area contributed by atoms with Gasteiger partial charge in [-0.2, -0.15) is 22.0 Å². The molecule has 0 aliphatic heterocycles. The molecule has 10 heteroatoms. The van der Waals surface area contributed by atoms with Gasteiger partial charge in [0.2, 0.25) is 5.88 Å². The van der Waals surface area contributed by atoms with E-state index in [2.05, 4.69) is 9.72 Å². The lowest BCUT2D eigenvalue weighted by molar-refractivity contribution is -0.296. The Hall–Kier alpha value is -2.78. The first kappa shape index (κ1) is 20.0. The molecule has 0 amide bonds. The van der Waals surface area contributed by atoms with Crippen LogP contribution in [0.2, 0.25) is 0 Å². The Bertz CT molecular complexity index is 891. The fraction of sp³-hybridized carbons (Fsp3) is 0.333. The Balaban J connectivity index is 1.83. The lowest BCUT2D eigenvalue weighted by atomic mass is 9.88. The summed E-state index contributed by atoms with van der Waals surface area (Å²) in [5.41, 5.74) is -2.80. The van der Waals surface area contributed by atoms with E-state index < -0.39 is 53.5 Å². The van der Waals surface area contributed by atoms with Gasteiger partial charge in [0.25, 0.3) is 0 Å². The maximum Gasteiger partial charge on any atom is 0.454 e. The number of carbonyl (C=O) groups excluding carboxylic acids is 1. The van der Waals surface area contributed by atoms with Gasteiger partial charge >= 0.3 is 18.1 Å². The molecule has 1 fully saturated rings. The van der Waals surface area contributed by atoms with Crippen LogP contribution in [-0.2, 0) is 10.2 Å². The molecule has 1 aliphatic rings. The lowest BCUT2D eigenvalue weighted by Gasteiger charge is -2.29. The summed E-state index contributed by atoms with van der Waals surface area (Å²) in [5, 5.41) is 0. The van der Waals surface area contributed by atoms with Crippen molar-refractivity contribution in [1.82, 2.24) is 4.98 Å². The summed E-state index contributed by atoms with van der Waals surface area (Å²) in [5.74, 6) is -7.25. The first-order chi connectivity index (χ1) is 13.0. The second-order valence-electron chi connectivity index (χ2n) is 6.28. The topological polar surface area (TPSA) is 48.4 Å². The fourth-order valence-corrected chi connectivity index (χ4v) is 2.85. The van der Waals surface area contributed by atoms with Gasteiger partial charge < -0.3 is 9.47 Å². The number of methoxy groups -OCH3 is 1. The van der Waals surface area contributed by atoms with E-state index >= 15 is 0 Å². The average Bonchev–Trinajstić information content (AvgIpc) is 3.45. The van der Waals surface area contributed by atoms with E-state index in [-0.39, 0.29) is 11.4 Å². The van der Waals surface area contributed by atoms with Gasteiger partial charge in [0, 0.05) is 12.3 Å². The third kappa shape index (κ3) is 3.27. The molecule has 0 atom stereocenters. The number of pyridine rings is 1. The number of rotatable bonds is 5. The molecule has 1 saturated carbocycles. The molecular weight excluding hydrogens is 392 g/mol. The molecule has 0 bridgehead atoms. The molecule has 1 aliphatic carbocycles. The van der Waals surface area contributed by atoms with Crippen molar-refractivity contribution in [3.05, 3.63) is 53.5 Å². The summed E-state index contributed by atoms with van der Waals surface area (Å²) in [6, 6.07) is 5.12. The monoisotopic (exact) mass is 405 g/mol. The largest absolute Gasteiger partial charge is 0.465 e. The molecule has 2 aromatic rings. The van der Waals surface area contributed by atoms with Crippen LogP contribution >= 0.6 is 0 Å². The summed E-state index contributed by atoms with van der Waals surface area (Å²) in [7, 11) is 1.18. The van der Waals surface area contributed by atoms with Crippen LogP contribution in [0, 0.1) is 5.82 Å². The molecule has 0 unspecified atom stereocenters. The maximum absolute atomic E-state index is 14.3. The lowest BCUT2D eigenvalue weighted by Crippen LogP contribution is -2.47. The van der Waals surface area contributed by atoms with E-state index in [9.17, 15) is 31.1 Å². The first-order valence-corrected chi connectivity index (χ1v) is 7.98. The van der Waals surface area contributed by atoms with Crippen LogP contribution in [-0.4, -0.2) is 30.2 Å². The third-order valence-corrected chi connectivity index (χ3v) is 4.56. The molecule has 1 aromatic heterocycles. The van der Waals surface area contributed by atoms with Crippen molar-refractivity contribution in [2.24, 2.45) is 0 Å². The van der Waals surface area contributed by atoms with Crippen LogP contribution in [0.15, 0.2) is 36.5 Å². The quantitative estimate of drug-likeness (QED) is 0.517. The van der Waals surface area contributed by atoms with E-state index in [0.29, 0.717) is 6.07 Å². The molecule has 1 aromatic carbocycles. The van der Waals surface area contributed by atoms with Gasteiger partial charge in [-0.1, -0.05) is 6.07 Å². The van der Waals surface area contributed by atoms with E-state index in [1.807, 2.05) is 0 Å². The summed E-state index contributed by atoms with van der Waals surface area (Å²) in [6.45, 7) is 0. The van der Waals surface area contributed by atoms with E-state index in [4.69, 9.17) is 4.74 Å². The minimum absolute atomic E-state index is 0.110. The Morgan fingerprint density at radius 2 is 1.79 bits per heavy atom. The third-order valence-electron chi connectivity index (χ3n) is 4.56. The molecule has 150 valence electrons. The smallest absolute Gasteiger partial charge is 0.454 e. The number of aromatic nitrogens is 1. The Labute approximate surface area is 155 Å². The number of nitrogens with zero attached hydrogens (tertiary/aromatic N) is 1. The average molecular weight is 405 g/mol. The van der Waals surface area contributed by atoms with E-state index in [0.717, 1.165) is 18.3 Å². The highest BCUT2D eigenvalue weighted by Gasteiger charge is 2.75. The molecule has 28 heavy (non-hydrogen) atoms. The second kappa shape index (κ2) is 6.68. The number of carbonyl (C=O) groups is 1. The van der Waals surface area contributed by atoms with Crippen molar-refractivity contribution in [2.45, 2.75) is 30.4 Å². The number of alkyl halides is 5. The Kier molecular flexibility index (Phi) is 4.76. The highest BCUT2D eigenvalue weighted by Crippen LogP contribution is 2.63. The number of esters is 1. The summed E-state index contributed by atoms with van der Waals surface area (Å²) >= 11 is 0.